The first-order valence-corrected chi connectivity index (χ1v) is 5.65. The smallest absolute Gasteiger partial charge is 0.335 e. The number of hydrogen-bond donors (Lipinski definition) is 1. The summed E-state index contributed by atoms with van der Waals surface area (Å²) in [5.41, 5.74) is 1.14. The number of amides is 2. The number of carbonyl (C=O) groups is 2. The molecule has 0 aliphatic carbocycles. The lowest BCUT2D eigenvalue weighted by Crippen LogP contribution is -2.34. The molecule has 0 fully saturated rings. The maximum absolute atomic E-state index is 11.6. The van der Waals surface area contributed by atoms with Crippen LogP contribution in [-0.4, -0.2) is 25.7 Å². The molecule has 0 unspecified atom stereocenters. The molecular formula is C12H9NO5S. The Bertz CT molecular complexity index is 643. The first-order valence-electron chi connectivity index (χ1n) is 4.98. The van der Waals surface area contributed by atoms with E-state index in [1.54, 1.807) is 12.1 Å². The molecule has 1 aliphatic rings. The predicted molar refractivity (Wildman–Crippen MR) is 68.3 cm³/mol. The Labute approximate surface area is 111 Å². The van der Waals surface area contributed by atoms with E-state index in [1.807, 2.05) is 24.3 Å². The van der Waals surface area contributed by atoms with Crippen LogP contribution < -0.4 is 5.32 Å². The van der Waals surface area contributed by atoms with E-state index in [0.717, 1.165) is 10.8 Å². The fourth-order valence-corrected chi connectivity index (χ4v) is 1.96. The molecule has 7 heteroatoms. The van der Waals surface area contributed by atoms with E-state index in [9.17, 15) is 9.59 Å². The van der Waals surface area contributed by atoms with Gasteiger partial charge in [0.05, 0.1) is 0 Å². The molecule has 0 saturated carbocycles. The summed E-state index contributed by atoms with van der Waals surface area (Å²) in [6.45, 7) is 0. The summed E-state index contributed by atoms with van der Waals surface area (Å²) in [6, 6.07) is 10.9. The van der Waals surface area contributed by atoms with Crippen molar-refractivity contribution in [2.75, 3.05) is 0 Å². The van der Waals surface area contributed by atoms with Gasteiger partial charge in [0.1, 0.15) is 0 Å². The summed E-state index contributed by atoms with van der Waals surface area (Å²) in [5, 5.41) is 4.00. The lowest BCUT2D eigenvalue weighted by molar-refractivity contribution is 0.0845. The van der Waals surface area contributed by atoms with Crippen molar-refractivity contribution in [2.45, 2.75) is 0 Å². The SMILES string of the molecule is O.O=C1NC(=O)c2cccc3cccc1c23.O=S=O. The van der Waals surface area contributed by atoms with Gasteiger partial charge in [-0.1, -0.05) is 24.3 Å². The minimum Gasteiger partial charge on any atom is -0.412 e. The highest BCUT2D eigenvalue weighted by Gasteiger charge is 2.23. The van der Waals surface area contributed by atoms with Gasteiger partial charge in [-0.3, -0.25) is 14.9 Å². The maximum Gasteiger partial charge on any atom is 0.335 e. The second-order valence-electron chi connectivity index (χ2n) is 3.56. The monoisotopic (exact) mass is 279 g/mol. The third-order valence-corrected chi connectivity index (χ3v) is 2.62. The predicted octanol–water partition coefficient (Wildman–Crippen LogP) is 0.229. The van der Waals surface area contributed by atoms with Crippen LogP contribution in [0.25, 0.3) is 10.8 Å². The van der Waals surface area contributed by atoms with Gasteiger partial charge < -0.3 is 5.48 Å². The van der Waals surface area contributed by atoms with Crippen LogP contribution in [0.4, 0.5) is 0 Å². The second kappa shape index (κ2) is 5.98. The number of carbonyl (C=O) groups excluding carboxylic acids is 2. The number of hydrogen-bond acceptors (Lipinski definition) is 4. The maximum atomic E-state index is 11.6. The third-order valence-electron chi connectivity index (χ3n) is 2.62. The van der Waals surface area contributed by atoms with Crippen molar-refractivity contribution in [3.63, 3.8) is 0 Å². The zero-order valence-electron chi connectivity index (χ0n) is 9.51. The average Bonchev–Trinajstić information content (AvgIpc) is 2.37. The van der Waals surface area contributed by atoms with Crippen LogP contribution in [0.15, 0.2) is 36.4 Å². The molecule has 1 aliphatic heterocycles. The molecule has 6 nitrogen and oxygen atoms in total. The first kappa shape index (κ1) is 14.7. The Morgan fingerprint density at radius 2 is 1.26 bits per heavy atom. The largest absolute Gasteiger partial charge is 0.412 e. The Hall–Kier alpha value is -2.38. The molecule has 3 rings (SSSR count). The van der Waals surface area contributed by atoms with E-state index in [2.05, 4.69) is 5.32 Å². The normalized spacial score (nSPS) is 11.8. The van der Waals surface area contributed by atoms with Crippen LogP contribution in [0, 0.1) is 0 Å². The molecular weight excluding hydrogens is 270 g/mol. The minimum atomic E-state index is -0.750. The summed E-state index contributed by atoms with van der Waals surface area (Å²) < 4.78 is 16.6. The van der Waals surface area contributed by atoms with Crippen LogP contribution in [0.1, 0.15) is 20.7 Å². The highest BCUT2D eigenvalue weighted by Crippen LogP contribution is 2.25. The Morgan fingerprint density at radius 3 is 1.68 bits per heavy atom. The molecule has 0 atom stereocenters. The molecule has 0 bridgehead atoms. The van der Waals surface area contributed by atoms with Crippen molar-refractivity contribution in [3.8, 4) is 0 Å². The van der Waals surface area contributed by atoms with Crippen molar-refractivity contribution in [3.05, 3.63) is 47.5 Å². The van der Waals surface area contributed by atoms with Crippen LogP contribution in [0.5, 0.6) is 0 Å². The van der Waals surface area contributed by atoms with E-state index >= 15 is 0 Å². The van der Waals surface area contributed by atoms with Crippen molar-refractivity contribution in [2.24, 2.45) is 0 Å². The van der Waals surface area contributed by atoms with Crippen molar-refractivity contribution in [1.82, 2.24) is 5.32 Å². The Balaban J connectivity index is 0.000000416. The highest BCUT2D eigenvalue weighted by molar-refractivity contribution is 7.51. The quantitative estimate of drug-likeness (QED) is 0.695. The van der Waals surface area contributed by atoms with Gasteiger partial charge in [-0.25, -0.2) is 0 Å². The molecule has 0 spiro atoms. The van der Waals surface area contributed by atoms with Crippen molar-refractivity contribution in [1.29, 1.82) is 0 Å². The van der Waals surface area contributed by atoms with Gasteiger partial charge in [0.15, 0.2) is 0 Å². The van der Waals surface area contributed by atoms with Crippen molar-refractivity contribution < 1.29 is 23.5 Å². The van der Waals surface area contributed by atoms with E-state index in [-0.39, 0.29) is 17.3 Å². The molecule has 3 N–H and O–H groups in total. The number of benzene rings is 2. The second-order valence-corrected chi connectivity index (χ2v) is 3.70. The van der Waals surface area contributed by atoms with Crippen LogP contribution in [-0.2, 0) is 11.6 Å². The van der Waals surface area contributed by atoms with Gasteiger partial charge in [-0.15, -0.1) is 0 Å². The molecule has 2 amide bonds. The van der Waals surface area contributed by atoms with Gasteiger partial charge in [0, 0.05) is 16.5 Å². The first-order chi connectivity index (χ1) is 8.69. The molecule has 2 aromatic rings. The fraction of sp³-hybridized carbons (Fsp3) is 0. The molecule has 0 radical (unpaired) electrons. The molecule has 19 heavy (non-hydrogen) atoms. The van der Waals surface area contributed by atoms with Crippen LogP contribution in [0.2, 0.25) is 0 Å². The average molecular weight is 279 g/mol. The summed E-state index contributed by atoms with van der Waals surface area (Å²) in [5.74, 6) is -0.631. The molecule has 1 heterocycles. The van der Waals surface area contributed by atoms with Gasteiger partial charge in [0.25, 0.3) is 11.8 Å². The zero-order chi connectivity index (χ0) is 13.1. The summed E-state index contributed by atoms with van der Waals surface area (Å²) in [6.07, 6.45) is 0. The highest BCUT2D eigenvalue weighted by atomic mass is 32.1. The van der Waals surface area contributed by atoms with Gasteiger partial charge in [-0.05, 0) is 17.5 Å². The van der Waals surface area contributed by atoms with E-state index in [4.69, 9.17) is 8.42 Å². The standard InChI is InChI=1S/C12H7NO2.O2S.H2O/c14-11-8-5-1-3-7-4-2-6-9(10(7)8)12(15)13-11;1-3-2;/h1-6H,(H,13,14,15);;1H2. The van der Waals surface area contributed by atoms with E-state index in [1.165, 1.54) is 0 Å². The Kier molecular flexibility index (Phi) is 4.62. The lowest BCUT2D eigenvalue weighted by Gasteiger charge is -2.15. The van der Waals surface area contributed by atoms with Gasteiger partial charge in [0.2, 0.25) is 0 Å². The molecule has 98 valence electrons. The number of rotatable bonds is 0. The Morgan fingerprint density at radius 1 is 0.842 bits per heavy atom. The van der Waals surface area contributed by atoms with Crippen LogP contribution >= 0.6 is 0 Å². The van der Waals surface area contributed by atoms with E-state index in [0.29, 0.717) is 11.1 Å². The summed E-state index contributed by atoms with van der Waals surface area (Å²) in [4.78, 5) is 23.1. The summed E-state index contributed by atoms with van der Waals surface area (Å²) >= 11 is -0.750. The zero-order valence-corrected chi connectivity index (χ0v) is 10.3. The van der Waals surface area contributed by atoms with Crippen LogP contribution in [0.3, 0.4) is 0 Å². The van der Waals surface area contributed by atoms with Gasteiger partial charge >= 0.3 is 11.6 Å². The molecule has 0 aromatic heterocycles. The number of imide groups is 1. The topological polar surface area (TPSA) is 112 Å². The van der Waals surface area contributed by atoms with Crippen molar-refractivity contribution >= 4 is 34.2 Å². The number of nitrogens with one attached hydrogen (secondary N) is 1. The van der Waals surface area contributed by atoms with E-state index < -0.39 is 11.6 Å². The molecule has 0 saturated heterocycles. The fourth-order valence-electron chi connectivity index (χ4n) is 1.96. The third kappa shape index (κ3) is 2.56. The molecule has 2 aromatic carbocycles. The minimum absolute atomic E-state index is 0. The lowest BCUT2D eigenvalue weighted by atomic mass is 9.95. The summed E-state index contributed by atoms with van der Waals surface area (Å²) in [7, 11) is 0. The van der Waals surface area contributed by atoms with Gasteiger partial charge in [-0.2, -0.15) is 8.42 Å².